The molecule has 4 rings (SSSR count). The number of aromatic amines is 1. The molecule has 1 aliphatic rings. The summed E-state index contributed by atoms with van der Waals surface area (Å²) in [5.41, 5.74) is 3.23. The van der Waals surface area contributed by atoms with Crippen molar-refractivity contribution >= 4 is 28.3 Å². The number of nitrogens with zero attached hydrogens (tertiary/aromatic N) is 2. The number of hydrogen-bond donors (Lipinski definition) is 4. The number of nitrogens with one attached hydrogen (secondary N) is 2. The molecule has 0 aliphatic carbocycles. The highest BCUT2D eigenvalue weighted by atomic mass is 16.3. The minimum absolute atomic E-state index is 0.121. The molecule has 144 valence electrons. The first-order valence-electron chi connectivity index (χ1n) is 9.08. The molecule has 4 N–H and O–H groups in total. The average molecular weight is 379 g/mol. The van der Waals surface area contributed by atoms with Gasteiger partial charge in [-0.15, -0.1) is 0 Å². The van der Waals surface area contributed by atoms with E-state index in [9.17, 15) is 15.0 Å². The van der Waals surface area contributed by atoms with Crippen molar-refractivity contribution in [3.63, 3.8) is 0 Å². The predicted octanol–water partition coefficient (Wildman–Crippen LogP) is 2.36. The van der Waals surface area contributed by atoms with Crippen molar-refractivity contribution in [3.8, 4) is 0 Å². The Hall–Kier alpha value is -3.00. The fourth-order valence-corrected chi connectivity index (χ4v) is 3.49. The van der Waals surface area contributed by atoms with Crippen LogP contribution in [0.5, 0.6) is 0 Å². The van der Waals surface area contributed by atoms with E-state index < -0.39 is 5.54 Å². The lowest BCUT2D eigenvalue weighted by molar-refractivity contribution is 0.105. The monoisotopic (exact) mass is 379 g/mol. The number of H-pyrrole nitrogens is 1. The number of quaternary nitrogens is 1. The van der Waals surface area contributed by atoms with Crippen LogP contribution in [0.2, 0.25) is 0 Å². The van der Waals surface area contributed by atoms with Crippen molar-refractivity contribution < 1.29 is 15.0 Å². The largest absolute Gasteiger partial charge is 0.426 e. The summed E-state index contributed by atoms with van der Waals surface area (Å²) >= 11 is 0. The zero-order valence-electron chi connectivity index (χ0n) is 15.8. The molecule has 0 bridgehead atoms. The molecule has 2 amide bonds. The van der Waals surface area contributed by atoms with Gasteiger partial charge >= 0.3 is 6.03 Å². The molecule has 0 fully saturated rings. The average Bonchev–Trinajstić information content (AvgIpc) is 3.28. The molecule has 2 aromatic heterocycles. The number of aliphatic hydroxyl groups excluding tert-OH is 2. The number of hydrogen-bond acceptors (Lipinski definition) is 4. The van der Waals surface area contributed by atoms with E-state index >= 15 is 0 Å². The van der Waals surface area contributed by atoms with E-state index in [1.807, 2.05) is 48.7 Å². The molecule has 7 nitrogen and oxygen atoms in total. The van der Waals surface area contributed by atoms with Gasteiger partial charge in [-0.2, -0.15) is 4.48 Å². The van der Waals surface area contributed by atoms with Gasteiger partial charge in [0.05, 0.1) is 42.6 Å². The van der Waals surface area contributed by atoms with E-state index in [0.29, 0.717) is 0 Å². The number of carbonyl (C=O) groups excluding carboxylic acids is 1. The molecule has 3 heterocycles. The normalized spacial score (nSPS) is 18.8. The van der Waals surface area contributed by atoms with Crippen LogP contribution < -0.4 is 9.80 Å². The molecule has 1 unspecified atom stereocenters. The predicted molar refractivity (Wildman–Crippen MR) is 108 cm³/mol. The van der Waals surface area contributed by atoms with Crippen LogP contribution in [0.4, 0.5) is 10.5 Å². The zero-order valence-corrected chi connectivity index (χ0v) is 15.8. The van der Waals surface area contributed by atoms with Gasteiger partial charge in [-0.3, -0.25) is 5.32 Å². The van der Waals surface area contributed by atoms with Crippen molar-refractivity contribution in [2.24, 2.45) is 0 Å². The topological polar surface area (TPSA) is 98.2 Å². The lowest BCUT2D eigenvalue weighted by Gasteiger charge is -2.31. The molecule has 0 spiro atoms. The van der Waals surface area contributed by atoms with Gasteiger partial charge in [-0.1, -0.05) is 12.1 Å². The number of rotatable bonds is 4. The number of carbonyl (C=O) groups is 1. The molecule has 3 aromatic rings. The molecular weight excluding hydrogens is 356 g/mol. The first-order valence-corrected chi connectivity index (χ1v) is 9.08. The number of amides is 2. The van der Waals surface area contributed by atoms with Gasteiger partial charge in [0, 0.05) is 17.6 Å². The van der Waals surface area contributed by atoms with E-state index in [1.54, 1.807) is 20.2 Å². The van der Waals surface area contributed by atoms with Gasteiger partial charge in [-0.05, 0) is 31.2 Å². The van der Waals surface area contributed by atoms with E-state index in [4.69, 9.17) is 0 Å². The second-order valence-electron chi connectivity index (χ2n) is 7.57. The first-order chi connectivity index (χ1) is 13.4. The van der Waals surface area contributed by atoms with Crippen LogP contribution in [0.3, 0.4) is 0 Å². The third kappa shape index (κ3) is 2.80. The minimum atomic E-state index is -1.10. The van der Waals surface area contributed by atoms with Gasteiger partial charge < -0.3 is 15.2 Å². The van der Waals surface area contributed by atoms with Crippen molar-refractivity contribution in [1.29, 1.82) is 0 Å². The van der Waals surface area contributed by atoms with Crippen molar-refractivity contribution in [2.75, 3.05) is 20.3 Å². The number of pyridine rings is 1. The maximum absolute atomic E-state index is 13.2. The van der Waals surface area contributed by atoms with Gasteiger partial charge in [0.2, 0.25) is 0 Å². The van der Waals surface area contributed by atoms with Crippen LogP contribution >= 0.6 is 0 Å². The summed E-state index contributed by atoms with van der Waals surface area (Å²) < 4.78 is -0.121. The third-order valence-electron chi connectivity index (χ3n) is 5.29. The molecule has 1 atom stereocenters. The van der Waals surface area contributed by atoms with Gasteiger partial charge in [0.15, 0.2) is 5.69 Å². The van der Waals surface area contributed by atoms with E-state index in [1.165, 1.54) is 0 Å². The first kappa shape index (κ1) is 18.4. The second kappa shape index (κ2) is 6.56. The van der Waals surface area contributed by atoms with Gasteiger partial charge in [-0.25, -0.2) is 9.78 Å². The van der Waals surface area contributed by atoms with Crippen molar-refractivity contribution in [1.82, 2.24) is 19.8 Å². The summed E-state index contributed by atoms with van der Waals surface area (Å²) in [6, 6.07) is 13.3. The Morgan fingerprint density at radius 3 is 2.68 bits per heavy atom. The summed E-state index contributed by atoms with van der Waals surface area (Å²) in [6.45, 7) is 0.884. The SMILES string of the molecule is CC(CO)(CO)NC(=O)[N+]1(C)C=C(c2cc3cccnc3[nH]2)c2ccccc21. The summed E-state index contributed by atoms with van der Waals surface area (Å²) in [7, 11) is 1.79. The van der Waals surface area contributed by atoms with Crippen LogP contribution in [-0.4, -0.2) is 52.0 Å². The van der Waals surface area contributed by atoms with Crippen LogP contribution in [0.25, 0.3) is 16.6 Å². The Morgan fingerprint density at radius 2 is 1.96 bits per heavy atom. The number of aliphatic hydroxyl groups is 2. The summed E-state index contributed by atoms with van der Waals surface area (Å²) in [4.78, 5) is 20.9. The van der Waals surface area contributed by atoms with Gasteiger partial charge in [0.25, 0.3) is 0 Å². The van der Waals surface area contributed by atoms with Crippen molar-refractivity contribution in [2.45, 2.75) is 12.5 Å². The number of fused-ring (bicyclic) bond motifs is 2. The third-order valence-corrected chi connectivity index (χ3v) is 5.29. The fraction of sp³-hybridized carbons (Fsp3) is 0.238. The Labute approximate surface area is 162 Å². The van der Waals surface area contributed by atoms with Crippen LogP contribution in [0, 0.1) is 0 Å². The highest BCUT2D eigenvalue weighted by molar-refractivity contribution is 6.02. The highest BCUT2D eigenvalue weighted by Gasteiger charge is 2.44. The van der Waals surface area contributed by atoms with E-state index in [-0.39, 0.29) is 23.7 Å². The lowest BCUT2D eigenvalue weighted by Crippen LogP contribution is -2.60. The summed E-state index contributed by atoms with van der Waals surface area (Å²) in [6.07, 6.45) is 3.61. The highest BCUT2D eigenvalue weighted by Crippen LogP contribution is 2.42. The Balaban J connectivity index is 1.81. The summed E-state index contributed by atoms with van der Waals surface area (Å²) in [5, 5.41) is 22.9. The second-order valence-corrected chi connectivity index (χ2v) is 7.57. The van der Waals surface area contributed by atoms with E-state index in [2.05, 4.69) is 15.3 Å². The number of aromatic nitrogens is 2. The van der Waals surface area contributed by atoms with Crippen LogP contribution in [-0.2, 0) is 0 Å². The molecule has 1 aromatic carbocycles. The van der Waals surface area contributed by atoms with Crippen LogP contribution in [0.1, 0.15) is 18.2 Å². The molecular formula is C21H23N4O3+. The zero-order chi connectivity index (χ0) is 19.9. The Kier molecular flexibility index (Phi) is 4.30. The standard InChI is InChI=1S/C21H22N4O3/c1-21(12-26,13-27)24-20(28)25(2)11-16(15-7-3-4-8-18(15)25)17-10-14-6-5-9-22-19(14)23-17/h3-11,26-27H,12-13H2,1-2H3,(H-,22,23,24,28)/p+1. The van der Waals surface area contributed by atoms with E-state index in [0.717, 1.165) is 33.6 Å². The van der Waals surface area contributed by atoms with Gasteiger partial charge in [0.1, 0.15) is 11.8 Å². The maximum atomic E-state index is 13.2. The quantitative estimate of drug-likeness (QED) is 0.523. The number of urea groups is 1. The molecule has 0 radical (unpaired) electrons. The molecule has 0 saturated heterocycles. The Bertz CT molecular complexity index is 1050. The summed E-state index contributed by atoms with van der Waals surface area (Å²) in [5.74, 6) is 0. The van der Waals surface area contributed by atoms with Crippen LogP contribution in [0.15, 0.2) is 54.9 Å². The lowest BCUT2D eigenvalue weighted by atomic mass is 10.0. The molecule has 28 heavy (non-hydrogen) atoms. The molecule has 0 saturated carbocycles. The Morgan fingerprint density at radius 1 is 1.21 bits per heavy atom. The maximum Gasteiger partial charge on any atom is 0.426 e. The minimum Gasteiger partial charge on any atom is -0.394 e. The van der Waals surface area contributed by atoms with Crippen molar-refractivity contribution in [3.05, 3.63) is 66.1 Å². The smallest absolute Gasteiger partial charge is 0.394 e. The molecule has 1 aliphatic heterocycles. The molecule has 7 heteroatoms. The number of para-hydroxylation sites is 1. The number of benzene rings is 1. The fourth-order valence-electron chi connectivity index (χ4n) is 3.49.